The second-order valence-electron chi connectivity index (χ2n) is 5.40. The van der Waals surface area contributed by atoms with Crippen LogP contribution >= 0.6 is 0 Å². The van der Waals surface area contributed by atoms with E-state index in [9.17, 15) is 9.90 Å². The number of aromatic nitrogens is 2. The highest BCUT2D eigenvalue weighted by molar-refractivity contribution is 6.00. The molecule has 0 amide bonds. The van der Waals surface area contributed by atoms with Crippen LogP contribution in [-0.4, -0.2) is 42.0 Å². The van der Waals surface area contributed by atoms with E-state index in [2.05, 4.69) is 4.98 Å². The third-order valence-electron chi connectivity index (χ3n) is 4.09. The molecule has 0 fully saturated rings. The predicted octanol–water partition coefficient (Wildman–Crippen LogP) is 2.96. The van der Waals surface area contributed by atoms with Gasteiger partial charge in [-0.1, -0.05) is 0 Å². The summed E-state index contributed by atoms with van der Waals surface area (Å²) in [7, 11) is 6.24. The molecule has 2 heterocycles. The van der Waals surface area contributed by atoms with Crippen LogP contribution in [0.5, 0.6) is 17.2 Å². The molecule has 0 radical (unpaired) electrons. The maximum atomic E-state index is 11.7. The van der Waals surface area contributed by atoms with Crippen LogP contribution in [0.2, 0.25) is 0 Å². The second-order valence-corrected chi connectivity index (χ2v) is 5.40. The van der Waals surface area contributed by atoms with Gasteiger partial charge < -0.3 is 23.9 Å². The Hall–Kier alpha value is -3.22. The quantitative estimate of drug-likeness (QED) is 0.767. The Bertz CT molecular complexity index is 962. The number of rotatable bonds is 5. The number of carboxylic acids is 1. The lowest BCUT2D eigenvalue weighted by Crippen LogP contribution is -2.05. The summed E-state index contributed by atoms with van der Waals surface area (Å²) in [6.45, 7) is 0. The fourth-order valence-corrected chi connectivity index (χ4v) is 2.97. The highest BCUT2D eigenvalue weighted by Gasteiger charge is 2.26. The molecule has 25 heavy (non-hydrogen) atoms. The highest BCUT2D eigenvalue weighted by atomic mass is 16.5. The van der Waals surface area contributed by atoms with Gasteiger partial charge in [-0.15, -0.1) is 0 Å². The number of benzene rings is 1. The molecule has 0 aliphatic heterocycles. The van der Waals surface area contributed by atoms with E-state index >= 15 is 0 Å². The maximum absolute atomic E-state index is 11.7. The van der Waals surface area contributed by atoms with Crippen molar-refractivity contribution < 1.29 is 24.1 Å². The van der Waals surface area contributed by atoms with Gasteiger partial charge in [0.15, 0.2) is 11.5 Å². The number of aryl methyl sites for hydroxylation is 1. The predicted molar refractivity (Wildman–Crippen MR) is 92.8 cm³/mol. The summed E-state index contributed by atoms with van der Waals surface area (Å²) in [5.74, 6) is -0.354. The number of carbonyl (C=O) groups is 1. The monoisotopic (exact) mass is 342 g/mol. The van der Waals surface area contributed by atoms with E-state index in [1.54, 1.807) is 6.20 Å². The fraction of sp³-hybridized carbons (Fsp3) is 0.222. The van der Waals surface area contributed by atoms with Crippen molar-refractivity contribution >= 4 is 17.0 Å². The van der Waals surface area contributed by atoms with Crippen molar-refractivity contribution in [3.8, 4) is 28.4 Å². The molecule has 7 nitrogen and oxygen atoms in total. The summed E-state index contributed by atoms with van der Waals surface area (Å²) >= 11 is 0. The molecule has 2 aromatic heterocycles. The summed E-state index contributed by atoms with van der Waals surface area (Å²) in [5, 5.41) is 10.5. The average molecular weight is 342 g/mol. The molecule has 3 rings (SSSR count). The molecule has 0 aliphatic rings. The molecule has 130 valence electrons. The van der Waals surface area contributed by atoms with Crippen molar-refractivity contribution in [1.29, 1.82) is 0 Å². The van der Waals surface area contributed by atoms with Crippen molar-refractivity contribution in [3.05, 3.63) is 36.2 Å². The van der Waals surface area contributed by atoms with E-state index in [1.807, 2.05) is 29.9 Å². The fourth-order valence-electron chi connectivity index (χ4n) is 2.97. The Morgan fingerprint density at radius 1 is 1.04 bits per heavy atom. The zero-order chi connectivity index (χ0) is 18.1. The molecule has 0 aliphatic carbocycles. The average Bonchev–Trinajstić information content (AvgIpc) is 3.00. The first-order valence-electron chi connectivity index (χ1n) is 7.50. The molecule has 0 saturated carbocycles. The first-order chi connectivity index (χ1) is 12.0. The van der Waals surface area contributed by atoms with Gasteiger partial charge in [-0.2, -0.15) is 0 Å². The molecular weight excluding hydrogens is 324 g/mol. The van der Waals surface area contributed by atoms with Gasteiger partial charge >= 0.3 is 5.97 Å². The van der Waals surface area contributed by atoms with E-state index in [1.165, 1.54) is 27.4 Å². The number of hydrogen-bond acceptors (Lipinski definition) is 5. The van der Waals surface area contributed by atoms with Gasteiger partial charge in [0, 0.05) is 30.4 Å². The smallest absolute Gasteiger partial charge is 0.339 e. The zero-order valence-corrected chi connectivity index (χ0v) is 14.4. The number of hydrogen-bond donors (Lipinski definition) is 1. The van der Waals surface area contributed by atoms with Crippen LogP contribution in [-0.2, 0) is 7.05 Å². The molecule has 0 atom stereocenters. The van der Waals surface area contributed by atoms with Crippen molar-refractivity contribution in [1.82, 2.24) is 9.55 Å². The van der Waals surface area contributed by atoms with Crippen LogP contribution in [0, 0.1) is 0 Å². The van der Waals surface area contributed by atoms with E-state index in [0.717, 1.165) is 16.6 Å². The summed E-state index contributed by atoms with van der Waals surface area (Å²) in [6, 6.07) is 5.27. The zero-order valence-electron chi connectivity index (χ0n) is 14.4. The molecule has 0 unspecified atom stereocenters. The van der Waals surface area contributed by atoms with Gasteiger partial charge in [0.2, 0.25) is 5.75 Å². The normalized spacial score (nSPS) is 10.7. The Balaban J connectivity index is 2.42. The minimum atomic E-state index is -1.11. The second kappa shape index (κ2) is 6.35. The van der Waals surface area contributed by atoms with Gasteiger partial charge in [0.05, 0.1) is 21.3 Å². The lowest BCUT2D eigenvalue weighted by atomic mass is 9.98. The van der Waals surface area contributed by atoms with Gasteiger partial charge in [-0.25, -0.2) is 9.78 Å². The van der Waals surface area contributed by atoms with Crippen LogP contribution in [0.1, 0.15) is 10.4 Å². The van der Waals surface area contributed by atoms with Gasteiger partial charge in [-0.3, -0.25) is 0 Å². The van der Waals surface area contributed by atoms with E-state index < -0.39 is 5.97 Å². The number of pyridine rings is 1. The minimum absolute atomic E-state index is 0.00366. The van der Waals surface area contributed by atoms with Crippen LogP contribution in [0.3, 0.4) is 0 Å². The van der Waals surface area contributed by atoms with Crippen molar-refractivity contribution in [3.63, 3.8) is 0 Å². The molecule has 0 bridgehead atoms. The van der Waals surface area contributed by atoms with Crippen LogP contribution in [0.15, 0.2) is 30.6 Å². The molecule has 1 aromatic carbocycles. The lowest BCUT2D eigenvalue weighted by Gasteiger charge is -2.18. The van der Waals surface area contributed by atoms with Gasteiger partial charge in [0.25, 0.3) is 0 Å². The Labute approximate surface area is 144 Å². The molecule has 1 N–H and O–H groups in total. The Morgan fingerprint density at radius 2 is 1.72 bits per heavy atom. The number of ether oxygens (including phenoxy) is 3. The SMILES string of the molecule is COc1c(C(=O)O)cc(-c2ccnc3c2ccn3C)c(OC)c1OC. The van der Waals surface area contributed by atoms with Crippen molar-refractivity contribution in [2.45, 2.75) is 0 Å². The first-order valence-corrected chi connectivity index (χ1v) is 7.50. The summed E-state index contributed by atoms with van der Waals surface area (Å²) in [5.41, 5.74) is 2.17. The number of nitrogens with zero attached hydrogens (tertiary/aromatic N) is 2. The molecule has 0 spiro atoms. The van der Waals surface area contributed by atoms with E-state index in [-0.39, 0.29) is 17.1 Å². The summed E-state index contributed by atoms with van der Waals surface area (Å²) in [6.07, 6.45) is 3.57. The topological polar surface area (TPSA) is 82.8 Å². The number of methoxy groups -OCH3 is 3. The van der Waals surface area contributed by atoms with Crippen molar-refractivity contribution in [2.75, 3.05) is 21.3 Å². The van der Waals surface area contributed by atoms with Crippen LogP contribution in [0.25, 0.3) is 22.2 Å². The third-order valence-corrected chi connectivity index (χ3v) is 4.09. The van der Waals surface area contributed by atoms with Crippen molar-refractivity contribution in [2.24, 2.45) is 7.05 Å². The molecular formula is C18H18N2O5. The summed E-state index contributed by atoms with van der Waals surface area (Å²) in [4.78, 5) is 16.1. The Kier molecular flexibility index (Phi) is 4.22. The van der Waals surface area contributed by atoms with Crippen LogP contribution in [0.4, 0.5) is 0 Å². The number of fused-ring (bicyclic) bond motifs is 1. The highest BCUT2D eigenvalue weighted by Crippen LogP contribution is 2.47. The van der Waals surface area contributed by atoms with Crippen LogP contribution < -0.4 is 14.2 Å². The van der Waals surface area contributed by atoms with E-state index in [4.69, 9.17) is 14.2 Å². The first kappa shape index (κ1) is 16.6. The minimum Gasteiger partial charge on any atom is -0.492 e. The number of aromatic carboxylic acids is 1. The lowest BCUT2D eigenvalue weighted by molar-refractivity contribution is 0.0692. The standard InChI is InChI=1S/C18H18N2O5/c1-20-8-6-11-10(5-7-19-17(11)20)12-9-13(18(21)22)15(24-3)16(25-4)14(12)23-2/h5-9H,1-4H3,(H,21,22). The van der Waals surface area contributed by atoms with E-state index in [0.29, 0.717) is 11.3 Å². The summed E-state index contributed by atoms with van der Waals surface area (Å²) < 4.78 is 18.1. The third kappa shape index (κ3) is 2.53. The largest absolute Gasteiger partial charge is 0.492 e. The van der Waals surface area contributed by atoms with Gasteiger partial charge in [0.1, 0.15) is 11.2 Å². The number of carboxylic acid groups (broad SMARTS) is 1. The molecule has 3 aromatic rings. The Morgan fingerprint density at radius 3 is 2.32 bits per heavy atom. The molecule has 7 heteroatoms. The van der Waals surface area contributed by atoms with Gasteiger partial charge in [-0.05, 0) is 23.8 Å². The molecule has 0 saturated heterocycles. The maximum Gasteiger partial charge on any atom is 0.339 e.